The van der Waals surface area contributed by atoms with Crippen molar-refractivity contribution in [3.05, 3.63) is 59.7 Å². The van der Waals surface area contributed by atoms with Crippen LogP contribution in [0.15, 0.2) is 47.4 Å². The predicted molar refractivity (Wildman–Crippen MR) is 73.0 cm³/mol. The predicted octanol–water partition coefficient (Wildman–Crippen LogP) is 3.33. The standard InChI is InChI=1S/C14H13F2NO2S/c1-2-10-3-6-12(7-4-10)17-20(18,19)14-9-11(15)5-8-13(14)16/h3-9,17H,2H2,1H3. The maximum atomic E-state index is 13.5. The van der Waals surface area contributed by atoms with Crippen LogP contribution < -0.4 is 4.72 Å². The van der Waals surface area contributed by atoms with Gasteiger partial charge < -0.3 is 0 Å². The van der Waals surface area contributed by atoms with E-state index < -0.39 is 26.6 Å². The van der Waals surface area contributed by atoms with Crippen LogP contribution in [0, 0.1) is 11.6 Å². The van der Waals surface area contributed by atoms with Crippen LogP contribution >= 0.6 is 0 Å². The zero-order chi connectivity index (χ0) is 14.8. The lowest BCUT2D eigenvalue weighted by Gasteiger charge is -2.09. The maximum absolute atomic E-state index is 13.5. The number of anilines is 1. The molecule has 0 heterocycles. The van der Waals surface area contributed by atoms with Crippen LogP contribution in [0.4, 0.5) is 14.5 Å². The van der Waals surface area contributed by atoms with E-state index in [1.807, 2.05) is 6.92 Å². The molecule has 2 aromatic rings. The first-order valence-corrected chi connectivity index (χ1v) is 7.47. The highest BCUT2D eigenvalue weighted by Gasteiger charge is 2.19. The summed E-state index contributed by atoms with van der Waals surface area (Å²) >= 11 is 0. The van der Waals surface area contributed by atoms with Crippen LogP contribution in [0.25, 0.3) is 0 Å². The van der Waals surface area contributed by atoms with Gasteiger partial charge in [0.15, 0.2) is 0 Å². The molecule has 0 aliphatic rings. The molecule has 0 saturated carbocycles. The van der Waals surface area contributed by atoms with Crippen LogP contribution in [-0.2, 0) is 16.4 Å². The van der Waals surface area contributed by atoms with E-state index in [0.29, 0.717) is 11.8 Å². The van der Waals surface area contributed by atoms with Crippen LogP contribution in [0.2, 0.25) is 0 Å². The molecule has 0 aliphatic carbocycles. The van der Waals surface area contributed by atoms with Gasteiger partial charge in [-0.3, -0.25) is 4.72 Å². The van der Waals surface area contributed by atoms with Crippen LogP contribution in [0.5, 0.6) is 0 Å². The summed E-state index contributed by atoms with van der Waals surface area (Å²) in [7, 11) is -4.15. The summed E-state index contributed by atoms with van der Waals surface area (Å²) in [6.07, 6.45) is 0.825. The fourth-order valence-electron chi connectivity index (χ4n) is 1.70. The average Bonchev–Trinajstić information content (AvgIpc) is 2.42. The molecule has 0 radical (unpaired) electrons. The fourth-order valence-corrected chi connectivity index (χ4v) is 2.85. The largest absolute Gasteiger partial charge is 0.280 e. The topological polar surface area (TPSA) is 46.2 Å². The summed E-state index contributed by atoms with van der Waals surface area (Å²) < 4.78 is 52.8. The number of nitrogens with one attached hydrogen (secondary N) is 1. The zero-order valence-corrected chi connectivity index (χ0v) is 11.5. The average molecular weight is 297 g/mol. The smallest absolute Gasteiger partial charge is 0.264 e. The first-order valence-electron chi connectivity index (χ1n) is 5.99. The van der Waals surface area contributed by atoms with Gasteiger partial charge in [0, 0.05) is 5.69 Å². The Bertz CT molecular complexity index is 712. The van der Waals surface area contributed by atoms with E-state index in [4.69, 9.17) is 0 Å². The van der Waals surface area contributed by atoms with Crippen molar-refractivity contribution in [3.63, 3.8) is 0 Å². The number of benzene rings is 2. The lowest BCUT2D eigenvalue weighted by molar-refractivity contribution is 0.555. The highest BCUT2D eigenvalue weighted by molar-refractivity contribution is 7.92. The Morgan fingerprint density at radius 3 is 2.30 bits per heavy atom. The van der Waals surface area contributed by atoms with E-state index >= 15 is 0 Å². The molecule has 0 atom stereocenters. The van der Waals surface area contributed by atoms with E-state index in [1.54, 1.807) is 24.3 Å². The summed E-state index contributed by atoms with van der Waals surface area (Å²) in [4.78, 5) is -0.711. The van der Waals surface area contributed by atoms with E-state index in [1.165, 1.54) is 0 Å². The molecule has 106 valence electrons. The van der Waals surface area contributed by atoms with E-state index in [-0.39, 0.29) is 0 Å². The molecule has 0 aliphatic heterocycles. The molecular weight excluding hydrogens is 284 g/mol. The molecule has 0 aromatic heterocycles. The van der Waals surface area contributed by atoms with Gasteiger partial charge in [-0.25, -0.2) is 17.2 Å². The fraction of sp³-hybridized carbons (Fsp3) is 0.143. The second kappa shape index (κ2) is 5.58. The van der Waals surface area contributed by atoms with Gasteiger partial charge in [0.1, 0.15) is 16.5 Å². The first-order chi connectivity index (χ1) is 9.42. The Morgan fingerprint density at radius 1 is 1.05 bits per heavy atom. The molecule has 0 bridgehead atoms. The van der Waals surface area contributed by atoms with Gasteiger partial charge in [0.25, 0.3) is 10.0 Å². The minimum absolute atomic E-state index is 0.297. The van der Waals surface area contributed by atoms with Gasteiger partial charge in [-0.15, -0.1) is 0 Å². The van der Waals surface area contributed by atoms with Crippen molar-refractivity contribution in [1.29, 1.82) is 0 Å². The second-order valence-corrected chi connectivity index (χ2v) is 5.88. The minimum Gasteiger partial charge on any atom is -0.280 e. The number of hydrogen-bond acceptors (Lipinski definition) is 2. The molecule has 2 rings (SSSR count). The highest BCUT2D eigenvalue weighted by Crippen LogP contribution is 2.20. The molecule has 0 amide bonds. The molecule has 20 heavy (non-hydrogen) atoms. The van der Waals surface area contributed by atoms with Gasteiger partial charge in [-0.1, -0.05) is 19.1 Å². The number of hydrogen-bond donors (Lipinski definition) is 1. The van der Waals surface area contributed by atoms with Crippen LogP contribution in [-0.4, -0.2) is 8.42 Å². The Hall–Kier alpha value is -1.95. The number of rotatable bonds is 4. The van der Waals surface area contributed by atoms with Crippen molar-refractivity contribution < 1.29 is 17.2 Å². The molecule has 0 fully saturated rings. The summed E-state index contributed by atoms with van der Waals surface area (Å²) in [6.45, 7) is 1.97. The third-order valence-electron chi connectivity index (χ3n) is 2.80. The molecule has 2 aromatic carbocycles. The minimum atomic E-state index is -4.15. The molecule has 0 spiro atoms. The molecule has 0 unspecified atom stereocenters. The summed E-state index contributed by atoms with van der Waals surface area (Å²) in [5, 5.41) is 0. The Balaban J connectivity index is 2.32. The third kappa shape index (κ3) is 3.14. The first kappa shape index (κ1) is 14.5. The molecule has 3 nitrogen and oxygen atoms in total. The third-order valence-corrected chi connectivity index (χ3v) is 4.19. The lowest BCUT2D eigenvalue weighted by Crippen LogP contribution is -2.14. The van der Waals surface area contributed by atoms with Crippen LogP contribution in [0.1, 0.15) is 12.5 Å². The number of aryl methyl sites for hydroxylation is 1. The second-order valence-electron chi connectivity index (χ2n) is 4.23. The number of sulfonamides is 1. The van der Waals surface area contributed by atoms with Crippen molar-refractivity contribution in [1.82, 2.24) is 0 Å². The highest BCUT2D eigenvalue weighted by atomic mass is 32.2. The summed E-state index contributed by atoms with van der Waals surface area (Å²) in [6, 6.07) is 8.98. The zero-order valence-electron chi connectivity index (χ0n) is 10.7. The molecule has 6 heteroatoms. The Morgan fingerprint density at radius 2 is 1.70 bits per heavy atom. The summed E-state index contributed by atoms with van der Waals surface area (Å²) in [5.41, 5.74) is 1.34. The van der Waals surface area contributed by atoms with E-state index in [2.05, 4.69) is 4.72 Å². The van der Waals surface area contributed by atoms with Gasteiger partial charge in [-0.2, -0.15) is 0 Å². The van der Waals surface area contributed by atoms with Gasteiger partial charge in [0.2, 0.25) is 0 Å². The monoisotopic (exact) mass is 297 g/mol. The van der Waals surface area contributed by atoms with Crippen molar-refractivity contribution in [3.8, 4) is 0 Å². The SMILES string of the molecule is CCc1ccc(NS(=O)(=O)c2cc(F)ccc2F)cc1. The molecule has 1 N–H and O–H groups in total. The van der Waals surface area contributed by atoms with Crippen molar-refractivity contribution in [2.75, 3.05) is 4.72 Å². The Kier molecular flexibility index (Phi) is 4.04. The van der Waals surface area contributed by atoms with Crippen molar-refractivity contribution in [2.45, 2.75) is 18.2 Å². The molecular formula is C14H13F2NO2S. The van der Waals surface area contributed by atoms with Crippen molar-refractivity contribution in [2.24, 2.45) is 0 Å². The molecule has 0 saturated heterocycles. The quantitative estimate of drug-likeness (QED) is 0.941. The van der Waals surface area contributed by atoms with Gasteiger partial charge >= 0.3 is 0 Å². The van der Waals surface area contributed by atoms with Gasteiger partial charge in [0.05, 0.1) is 0 Å². The Labute approximate surface area is 116 Å². The van der Waals surface area contributed by atoms with E-state index in [0.717, 1.165) is 24.1 Å². The summed E-state index contributed by atoms with van der Waals surface area (Å²) in [5.74, 6) is -1.81. The normalized spacial score (nSPS) is 11.3. The lowest BCUT2D eigenvalue weighted by atomic mass is 10.2. The van der Waals surface area contributed by atoms with E-state index in [9.17, 15) is 17.2 Å². The number of halogens is 2. The maximum Gasteiger partial charge on any atom is 0.264 e. The van der Waals surface area contributed by atoms with Crippen molar-refractivity contribution >= 4 is 15.7 Å². The van der Waals surface area contributed by atoms with Crippen LogP contribution in [0.3, 0.4) is 0 Å². The van der Waals surface area contributed by atoms with Gasteiger partial charge in [-0.05, 0) is 42.3 Å².